The van der Waals surface area contributed by atoms with E-state index in [0.717, 1.165) is 11.4 Å². The molecule has 0 heterocycles. The van der Waals surface area contributed by atoms with E-state index < -0.39 is 5.97 Å². The molecule has 5 nitrogen and oxygen atoms in total. The maximum Gasteiger partial charge on any atom is 0.335 e. The Hall–Kier alpha value is -2.69. The van der Waals surface area contributed by atoms with E-state index in [2.05, 4.69) is 5.32 Å². The molecule has 0 saturated heterocycles. The molecule has 0 spiro atoms. The van der Waals surface area contributed by atoms with Crippen LogP contribution < -0.4 is 14.8 Å². The number of methoxy groups -OCH3 is 1. The van der Waals surface area contributed by atoms with Crippen molar-refractivity contribution in [3.63, 3.8) is 0 Å². The first-order valence-corrected chi connectivity index (χ1v) is 6.53. The zero-order valence-corrected chi connectivity index (χ0v) is 11.7. The third-order valence-corrected chi connectivity index (χ3v) is 2.89. The van der Waals surface area contributed by atoms with Crippen molar-refractivity contribution in [1.82, 2.24) is 0 Å². The predicted octanol–water partition coefficient (Wildman–Crippen LogP) is 2.88. The molecule has 110 valence electrons. The number of carbonyl (C=O) groups is 1. The fraction of sp³-hybridized carbons (Fsp3) is 0.188. The number of carboxylic acids is 1. The van der Waals surface area contributed by atoms with Crippen LogP contribution in [0.1, 0.15) is 10.4 Å². The third kappa shape index (κ3) is 4.42. The molecule has 0 bridgehead atoms. The second kappa shape index (κ2) is 7.19. The summed E-state index contributed by atoms with van der Waals surface area (Å²) in [4.78, 5) is 10.7. The summed E-state index contributed by atoms with van der Waals surface area (Å²) in [7, 11) is 1.63. The van der Waals surface area contributed by atoms with Gasteiger partial charge in [-0.05, 0) is 48.5 Å². The van der Waals surface area contributed by atoms with Gasteiger partial charge < -0.3 is 19.9 Å². The number of anilines is 1. The molecule has 0 saturated carbocycles. The van der Waals surface area contributed by atoms with E-state index in [9.17, 15) is 4.79 Å². The number of hydrogen-bond donors (Lipinski definition) is 2. The van der Waals surface area contributed by atoms with Crippen molar-refractivity contribution < 1.29 is 19.4 Å². The molecule has 0 atom stereocenters. The van der Waals surface area contributed by atoms with Crippen molar-refractivity contribution in [3.05, 3.63) is 54.1 Å². The lowest BCUT2D eigenvalue weighted by Gasteiger charge is -2.09. The molecule has 0 radical (unpaired) electrons. The van der Waals surface area contributed by atoms with Gasteiger partial charge in [0.25, 0.3) is 0 Å². The summed E-state index contributed by atoms with van der Waals surface area (Å²) in [6, 6.07) is 14.0. The minimum atomic E-state index is -0.942. The van der Waals surface area contributed by atoms with Gasteiger partial charge in [0.1, 0.15) is 18.1 Å². The van der Waals surface area contributed by atoms with Crippen molar-refractivity contribution in [2.75, 3.05) is 25.6 Å². The monoisotopic (exact) mass is 287 g/mol. The van der Waals surface area contributed by atoms with E-state index in [1.165, 1.54) is 12.1 Å². The second-order valence-electron chi connectivity index (χ2n) is 4.33. The van der Waals surface area contributed by atoms with Gasteiger partial charge >= 0.3 is 5.97 Å². The molecule has 2 aromatic rings. The highest BCUT2D eigenvalue weighted by Crippen LogP contribution is 2.15. The van der Waals surface area contributed by atoms with E-state index in [1.54, 1.807) is 19.2 Å². The normalized spacial score (nSPS) is 9.95. The molecule has 0 aliphatic carbocycles. The largest absolute Gasteiger partial charge is 0.497 e. The Bertz CT molecular complexity index is 578. The highest BCUT2D eigenvalue weighted by Gasteiger charge is 2.01. The molecule has 2 N–H and O–H groups in total. The summed E-state index contributed by atoms with van der Waals surface area (Å²) < 4.78 is 10.6. The Kier molecular flexibility index (Phi) is 5.04. The van der Waals surface area contributed by atoms with Crippen LogP contribution in [0.3, 0.4) is 0 Å². The second-order valence-corrected chi connectivity index (χ2v) is 4.33. The maximum absolute atomic E-state index is 10.7. The highest BCUT2D eigenvalue weighted by molar-refractivity contribution is 5.87. The van der Waals surface area contributed by atoms with E-state index in [0.29, 0.717) is 18.9 Å². The number of aromatic carboxylic acids is 1. The quantitative estimate of drug-likeness (QED) is 0.766. The maximum atomic E-state index is 10.7. The molecule has 0 unspecified atom stereocenters. The van der Waals surface area contributed by atoms with E-state index in [4.69, 9.17) is 14.6 Å². The van der Waals surface area contributed by atoms with Gasteiger partial charge in [-0.2, -0.15) is 0 Å². The summed E-state index contributed by atoms with van der Waals surface area (Å²) in [5.74, 6) is 0.523. The molecular weight excluding hydrogens is 270 g/mol. The van der Waals surface area contributed by atoms with E-state index in [1.807, 2.05) is 24.3 Å². The molecule has 0 amide bonds. The Morgan fingerprint density at radius 1 is 1.05 bits per heavy atom. The molecule has 0 aliphatic rings. The Morgan fingerprint density at radius 2 is 1.67 bits per heavy atom. The highest BCUT2D eigenvalue weighted by atomic mass is 16.5. The SMILES string of the molecule is COc1ccc(NCCOc2ccc(C(=O)O)cc2)cc1. The fourth-order valence-electron chi connectivity index (χ4n) is 1.77. The molecule has 2 rings (SSSR count). The van der Waals surface area contributed by atoms with Gasteiger partial charge in [-0.15, -0.1) is 0 Å². The minimum absolute atomic E-state index is 0.249. The van der Waals surface area contributed by atoms with Gasteiger partial charge in [0.15, 0.2) is 0 Å². The topological polar surface area (TPSA) is 67.8 Å². The number of benzene rings is 2. The average molecular weight is 287 g/mol. The molecule has 0 aromatic heterocycles. The predicted molar refractivity (Wildman–Crippen MR) is 80.4 cm³/mol. The van der Waals surface area contributed by atoms with Crippen LogP contribution in [0.2, 0.25) is 0 Å². The summed E-state index contributed by atoms with van der Waals surface area (Å²) in [6.07, 6.45) is 0. The van der Waals surface area contributed by atoms with Crippen LogP contribution in [0, 0.1) is 0 Å². The zero-order valence-electron chi connectivity index (χ0n) is 11.7. The first kappa shape index (κ1) is 14.7. The molecular formula is C16H17NO4. The summed E-state index contributed by atoms with van der Waals surface area (Å²) in [6.45, 7) is 1.13. The van der Waals surface area contributed by atoms with Gasteiger partial charge in [-0.1, -0.05) is 0 Å². The van der Waals surface area contributed by atoms with E-state index in [-0.39, 0.29) is 5.56 Å². The number of ether oxygens (including phenoxy) is 2. The van der Waals surface area contributed by atoms with Crippen molar-refractivity contribution in [1.29, 1.82) is 0 Å². The molecule has 5 heteroatoms. The van der Waals surface area contributed by atoms with Gasteiger partial charge in [-0.25, -0.2) is 4.79 Å². The van der Waals surface area contributed by atoms with Crippen molar-refractivity contribution in [2.45, 2.75) is 0 Å². The smallest absolute Gasteiger partial charge is 0.335 e. The van der Waals surface area contributed by atoms with Gasteiger partial charge in [0.05, 0.1) is 12.7 Å². The van der Waals surface area contributed by atoms with Crippen LogP contribution in [0.25, 0.3) is 0 Å². The zero-order chi connectivity index (χ0) is 15.1. The van der Waals surface area contributed by atoms with Crippen molar-refractivity contribution >= 4 is 11.7 Å². The standard InChI is InChI=1S/C16H17NO4/c1-20-14-8-4-13(5-9-14)17-10-11-21-15-6-2-12(3-7-15)16(18)19/h2-9,17H,10-11H2,1H3,(H,18,19). The third-order valence-electron chi connectivity index (χ3n) is 2.89. The van der Waals surface area contributed by atoms with Crippen LogP contribution in [0.15, 0.2) is 48.5 Å². The van der Waals surface area contributed by atoms with Gasteiger partial charge in [-0.3, -0.25) is 0 Å². The van der Waals surface area contributed by atoms with Gasteiger partial charge in [0.2, 0.25) is 0 Å². The Morgan fingerprint density at radius 3 is 2.24 bits per heavy atom. The Balaban J connectivity index is 1.74. The fourth-order valence-corrected chi connectivity index (χ4v) is 1.77. The lowest BCUT2D eigenvalue weighted by atomic mass is 10.2. The number of carboxylic acid groups (broad SMARTS) is 1. The number of rotatable bonds is 7. The van der Waals surface area contributed by atoms with Crippen molar-refractivity contribution in [3.8, 4) is 11.5 Å². The van der Waals surface area contributed by atoms with Crippen LogP contribution in [0.4, 0.5) is 5.69 Å². The van der Waals surface area contributed by atoms with Crippen LogP contribution >= 0.6 is 0 Å². The Labute approximate surface area is 123 Å². The first-order chi connectivity index (χ1) is 10.2. The lowest BCUT2D eigenvalue weighted by Crippen LogP contribution is -2.11. The average Bonchev–Trinajstić information content (AvgIpc) is 2.52. The van der Waals surface area contributed by atoms with Crippen LogP contribution in [-0.2, 0) is 0 Å². The lowest BCUT2D eigenvalue weighted by molar-refractivity contribution is 0.0697. The van der Waals surface area contributed by atoms with E-state index >= 15 is 0 Å². The minimum Gasteiger partial charge on any atom is -0.497 e. The molecule has 2 aromatic carbocycles. The molecule has 0 aliphatic heterocycles. The molecule has 0 fully saturated rings. The van der Waals surface area contributed by atoms with Crippen LogP contribution in [0.5, 0.6) is 11.5 Å². The van der Waals surface area contributed by atoms with Crippen molar-refractivity contribution in [2.24, 2.45) is 0 Å². The summed E-state index contributed by atoms with van der Waals surface area (Å²) >= 11 is 0. The number of nitrogens with one attached hydrogen (secondary N) is 1. The molecule has 21 heavy (non-hydrogen) atoms. The first-order valence-electron chi connectivity index (χ1n) is 6.53. The van der Waals surface area contributed by atoms with Crippen LogP contribution in [-0.4, -0.2) is 31.3 Å². The summed E-state index contributed by atoms with van der Waals surface area (Å²) in [5.41, 5.74) is 1.24. The summed E-state index contributed by atoms with van der Waals surface area (Å²) in [5, 5.41) is 12.0. The van der Waals surface area contributed by atoms with Gasteiger partial charge in [0, 0.05) is 12.2 Å². The number of hydrogen-bond acceptors (Lipinski definition) is 4.